The maximum absolute atomic E-state index is 12.5. The first-order valence-corrected chi connectivity index (χ1v) is 5.95. The van der Waals surface area contributed by atoms with Crippen molar-refractivity contribution in [1.82, 2.24) is 10.6 Å². The van der Waals surface area contributed by atoms with Crippen molar-refractivity contribution in [3.63, 3.8) is 0 Å². The summed E-state index contributed by atoms with van der Waals surface area (Å²) < 4.78 is 37.9. The minimum atomic E-state index is -4.46. The normalized spacial score (nSPS) is 11.4. The minimum Gasteiger partial charge on any atom is -0.351 e. The maximum atomic E-state index is 12.5. The van der Waals surface area contributed by atoms with Crippen LogP contribution in [-0.2, 0) is 6.18 Å². The van der Waals surface area contributed by atoms with Crippen LogP contribution in [0.3, 0.4) is 0 Å². The van der Waals surface area contributed by atoms with Gasteiger partial charge in [0, 0.05) is 17.6 Å². The molecule has 0 aliphatic rings. The van der Waals surface area contributed by atoms with Crippen molar-refractivity contribution in [3.8, 4) is 0 Å². The average molecular weight is 325 g/mol. The van der Waals surface area contributed by atoms with E-state index < -0.39 is 17.6 Å². The molecule has 0 spiro atoms. The van der Waals surface area contributed by atoms with Crippen LogP contribution in [0.2, 0.25) is 0 Å². The van der Waals surface area contributed by atoms with Gasteiger partial charge in [-0.15, -0.1) is 0 Å². The zero-order valence-corrected chi connectivity index (χ0v) is 11.2. The number of benzene rings is 1. The zero-order valence-electron chi connectivity index (χ0n) is 9.57. The van der Waals surface area contributed by atoms with Gasteiger partial charge >= 0.3 is 6.18 Å². The van der Waals surface area contributed by atoms with E-state index in [1.165, 1.54) is 6.07 Å². The van der Waals surface area contributed by atoms with Gasteiger partial charge in [-0.1, -0.05) is 0 Å². The van der Waals surface area contributed by atoms with E-state index in [1.807, 2.05) is 0 Å². The highest BCUT2D eigenvalue weighted by Crippen LogP contribution is 2.31. The van der Waals surface area contributed by atoms with Crippen molar-refractivity contribution in [1.29, 1.82) is 0 Å². The zero-order chi connectivity index (χ0) is 13.8. The molecule has 1 rings (SSSR count). The molecule has 1 amide bonds. The van der Waals surface area contributed by atoms with Crippen LogP contribution in [0.1, 0.15) is 15.9 Å². The van der Waals surface area contributed by atoms with Crippen LogP contribution in [0.15, 0.2) is 22.7 Å². The number of alkyl halides is 3. The van der Waals surface area contributed by atoms with Crippen molar-refractivity contribution in [2.45, 2.75) is 6.18 Å². The number of likely N-dealkylation sites (N-methyl/N-ethyl adjacent to an activating group) is 1. The highest BCUT2D eigenvalue weighted by Gasteiger charge is 2.31. The van der Waals surface area contributed by atoms with Crippen molar-refractivity contribution in [3.05, 3.63) is 33.8 Å². The monoisotopic (exact) mass is 324 g/mol. The largest absolute Gasteiger partial charge is 0.416 e. The first-order valence-electron chi connectivity index (χ1n) is 5.16. The van der Waals surface area contributed by atoms with E-state index in [0.717, 1.165) is 12.1 Å². The van der Waals surface area contributed by atoms with Gasteiger partial charge in [-0.2, -0.15) is 13.2 Å². The summed E-state index contributed by atoms with van der Waals surface area (Å²) in [6, 6.07) is 2.98. The molecule has 3 nitrogen and oxygen atoms in total. The molecule has 0 radical (unpaired) electrons. The highest BCUT2D eigenvalue weighted by atomic mass is 79.9. The SMILES string of the molecule is CNCCNC(=O)c1cc(C(F)(F)F)ccc1Br. The molecule has 2 N–H and O–H groups in total. The molecule has 100 valence electrons. The van der Waals surface area contributed by atoms with E-state index in [2.05, 4.69) is 26.6 Å². The standard InChI is InChI=1S/C11H12BrF3N2O/c1-16-4-5-17-10(18)8-6-7(11(13,14)15)2-3-9(8)12/h2-3,6,16H,4-5H2,1H3,(H,17,18). The molecule has 1 aromatic carbocycles. The number of hydrogen-bond donors (Lipinski definition) is 2. The summed E-state index contributed by atoms with van der Waals surface area (Å²) in [6.45, 7) is 0.889. The van der Waals surface area contributed by atoms with Gasteiger partial charge in [-0.3, -0.25) is 4.79 Å². The summed E-state index contributed by atoms with van der Waals surface area (Å²) in [5.74, 6) is -0.539. The third-order valence-corrected chi connectivity index (χ3v) is 2.89. The van der Waals surface area contributed by atoms with Crippen LogP contribution in [0, 0.1) is 0 Å². The highest BCUT2D eigenvalue weighted by molar-refractivity contribution is 9.10. The van der Waals surface area contributed by atoms with Gasteiger partial charge < -0.3 is 10.6 Å². The van der Waals surface area contributed by atoms with Crippen LogP contribution >= 0.6 is 15.9 Å². The van der Waals surface area contributed by atoms with Crippen molar-refractivity contribution in [2.24, 2.45) is 0 Å². The lowest BCUT2D eigenvalue weighted by atomic mass is 10.1. The van der Waals surface area contributed by atoms with Crippen LogP contribution in [0.4, 0.5) is 13.2 Å². The molecule has 0 bridgehead atoms. The topological polar surface area (TPSA) is 41.1 Å². The number of nitrogens with one attached hydrogen (secondary N) is 2. The van der Waals surface area contributed by atoms with Gasteiger partial charge in [0.25, 0.3) is 5.91 Å². The van der Waals surface area contributed by atoms with Crippen LogP contribution in [0.25, 0.3) is 0 Å². The smallest absolute Gasteiger partial charge is 0.351 e. The Morgan fingerprint density at radius 2 is 2.00 bits per heavy atom. The van der Waals surface area contributed by atoms with Gasteiger partial charge in [-0.25, -0.2) is 0 Å². The molecule has 0 aliphatic heterocycles. The molecule has 0 aliphatic carbocycles. The number of halogens is 4. The lowest BCUT2D eigenvalue weighted by Gasteiger charge is -2.11. The number of amides is 1. The first kappa shape index (κ1) is 15.0. The molecule has 7 heteroatoms. The van der Waals surface area contributed by atoms with Crippen molar-refractivity contribution < 1.29 is 18.0 Å². The molecule has 0 heterocycles. The van der Waals surface area contributed by atoms with Crippen molar-refractivity contribution in [2.75, 3.05) is 20.1 Å². The lowest BCUT2D eigenvalue weighted by molar-refractivity contribution is -0.137. The van der Waals surface area contributed by atoms with E-state index in [4.69, 9.17) is 0 Å². The molecule has 0 unspecified atom stereocenters. The van der Waals surface area contributed by atoms with Gasteiger partial charge in [0.2, 0.25) is 0 Å². The summed E-state index contributed by atoms with van der Waals surface area (Å²) in [5.41, 5.74) is -0.870. The number of carbonyl (C=O) groups excluding carboxylic acids is 1. The summed E-state index contributed by atoms with van der Waals surface area (Å²) in [5, 5.41) is 5.34. The fourth-order valence-electron chi connectivity index (χ4n) is 1.27. The third kappa shape index (κ3) is 3.99. The Kier molecular flexibility index (Phi) is 5.15. The molecule has 18 heavy (non-hydrogen) atoms. The Balaban J connectivity index is 2.90. The Hall–Kier alpha value is -1.08. The van der Waals surface area contributed by atoms with Gasteiger partial charge in [0.1, 0.15) is 0 Å². The van der Waals surface area contributed by atoms with Gasteiger partial charge in [0.15, 0.2) is 0 Å². The lowest BCUT2D eigenvalue weighted by Crippen LogP contribution is -2.30. The minimum absolute atomic E-state index is 0.0269. The molecular formula is C11H12BrF3N2O. The molecule has 0 aromatic heterocycles. The van der Waals surface area contributed by atoms with E-state index in [9.17, 15) is 18.0 Å². The summed E-state index contributed by atoms with van der Waals surface area (Å²) >= 11 is 3.06. The van der Waals surface area contributed by atoms with E-state index in [-0.39, 0.29) is 5.56 Å². The summed E-state index contributed by atoms with van der Waals surface area (Å²) in [7, 11) is 1.71. The molecule has 0 atom stereocenters. The number of carbonyl (C=O) groups is 1. The van der Waals surface area contributed by atoms with Crippen LogP contribution < -0.4 is 10.6 Å². The maximum Gasteiger partial charge on any atom is 0.416 e. The van der Waals surface area contributed by atoms with Gasteiger partial charge in [-0.05, 0) is 41.2 Å². The number of rotatable bonds is 4. The van der Waals surface area contributed by atoms with Gasteiger partial charge in [0.05, 0.1) is 11.1 Å². The van der Waals surface area contributed by atoms with Crippen LogP contribution in [-0.4, -0.2) is 26.0 Å². The second-order valence-corrected chi connectivity index (χ2v) is 4.41. The van der Waals surface area contributed by atoms with E-state index in [1.54, 1.807) is 7.05 Å². The Morgan fingerprint density at radius 1 is 1.33 bits per heavy atom. The van der Waals surface area contributed by atoms with E-state index >= 15 is 0 Å². The molecular weight excluding hydrogens is 313 g/mol. The summed E-state index contributed by atoms with van der Waals surface area (Å²) in [4.78, 5) is 11.7. The van der Waals surface area contributed by atoms with Crippen molar-refractivity contribution >= 4 is 21.8 Å². The molecule has 1 aromatic rings. The molecule has 0 saturated carbocycles. The Labute approximate surface area is 111 Å². The predicted octanol–water partition coefficient (Wildman–Crippen LogP) is 2.42. The Bertz CT molecular complexity index is 435. The quantitative estimate of drug-likeness (QED) is 0.835. The average Bonchev–Trinajstić information content (AvgIpc) is 2.28. The Morgan fingerprint density at radius 3 is 2.56 bits per heavy atom. The number of hydrogen-bond acceptors (Lipinski definition) is 2. The third-order valence-electron chi connectivity index (χ3n) is 2.20. The summed E-state index contributed by atoms with van der Waals surface area (Å²) in [6.07, 6.45) is -4.46. The van der Waals surface area contributed by atoms with E-state index in [0.29, 0.717) is 17.6 Å². The molecule has 0 saturated heterocycles. The second kappa shape index (κ2) is 6.19. The first-order chi connectivity index (χ1) is 8.36. The fourth-order valence-corrected chi connectivity index (χ4v) is 1.70. The second-order valence-electron chi connectivity index (χ2n) is 3.55. The van der Waals surface area contributed by atoms with Crippen LogP contribution in [0.5, 0.6) is 0 Å². The molecule has 0 fully saturated rings. The predicted molar refractivity (Wildman–Crippen MR) is 65.4 cm³/mol. The fraction of sp³-hybridized carbons (Fsp3) is 0.364.